The van der Waals surface area contributed by atoms with Gasteiger partial charge in [-0.25, -0.2) is 8.42 Å². The molecule has 1 rings (SSSR count). The van der Waals surface area contributed by atoms with Crippen LogP contribution in [0.2, 0.25) is 0 Å². The van der Waals surface area contributed by atoms with Crippen LogP contribution in [0.5, 0.6) is 0 Å². The molecular formula is C11H22O2S. The Morgan fingerprint density at radius 2 is 1.71 bits per heavy atom. The Morgan fingerprint density at radius 1 is 1.14 bits per heavy atom. The zero-order valence-corrected chi connectivity index (χ0v) is 10.6. The average Bonchev–Trinajstić information content (AvgIpc) is 2.01. The van der Waals surface area contributed by atoms with E-state index in [4.69, 9.17) is 0 Å². The maximum atomic E-state index is 12.0. The molecule has 1 aliphatic rings. The lowest BCUT2D eigenvalue weighted by atomic mass is 9.72. The van der Waals surface area contributed by atoms with Crippen molar-refractivity contribution in [2.75, 3.05) is 5.75 Å². The van der Waals surface area contributed by atoms with E-state index in [1.165, 1.54) is 0 Å². The van der Waals surface area contributed by atoms with Crippen LogP contribution >= 0.6 is 0 Å². The van der Waals surface area contributed by atoms with Crippen molar-refractivity contribution in [1.29, 1.82) is 0 Å². The molecule has 0 aliphatic heterocycles. The largest absolute Gasteiger partial charge is 0.228 e. The fraction of sp³-hybridized carbons (Fsp3) is 1.00. The van der Waals surface area contributed by atoms with Gasteiger partial charge in [0.2, 0.25) is 0 Å². The Kier molecular flexibility index (Phi) is 3.01. The lowest BCUT2D eigenvalue weighted by Gasteiger charge is -2.42. The number of rotatable bonds is 2. The SMILES string of the molecule is CCS(=O)(=O)C1(C)CCCC(C)(C)C1. The molecule has 0 amide bonds. The van der Waals surface area contributed by atoms with E-state index in [2.05, 4.69) is 13.8 Å². The summed E-state index contributed by atoms with van der Waals surface area (Å²) in [6.07, 6.45) is 3.85. The highest BCUT2D eigenvalue weighted by Gasteiger charge is 2.44. The topological polar surface area (TPSA) is 34.1 Å². The number of hydrogen-bond acceptors (Lipinski definition) is 2. The van der Waals surface area contributed by atoms with Gasteiger partial charge in [0.15, 0.2) is 9.84 Å². The molecule has 0 N–H and O–H groups in total. The Hall–Kier alpha value is -0.0500. The molecule has 84 valence electrons. The molecule has 14 heavy (non-hydrogen) atoms. The van der Waals surface area contributed by atoms with Gasteiger partial charge in [-0.3, -0.25) is 0 Å². The summed E-state index contributed by atoms with van der Waals surface area (Å²) in [5.74, 6) is 0.277. The van der Waals surface area contributed by atoms with E-state index in [1.54, 1.807) is 6.92 Å². The first kappa shape index (κ1) is 12.0. The van der Waals surface area contributed by atoms with Gasteiger partial charge in [0.1, 0.15) is 0 Å². The Labute approximate surface area is 88.0 Å². The molecule has 1 fully saturated rings. The molecule has 1 saturated carbocycles. The van der Waals surface area contributed by atoms with E-state index < -0.39 is 14.6 Å². The summed E-state index contributed by atoms with van der Waals surface area (Å²) in [5, 5.41) is 0. The minimum Gasteiger partial charge on any atom is -0.228 e. The summed E-state index contributed by atoms with van der Waals surface area (Å²) in [5.41, 5.74) is 0.190. The third-order valence-corrected chi connectivity index (χ3v) is 6.15. The highest BCUT2D eigenvalue weighted by molar-refractivity contribution is 7.92. The molecular weight excluding hydrogens is 196 g/mol. The predicted molar refractivity (Wildman–Crippen MR) is 60.1 cm³/mol. The van der Waals surface area contributed by atoms with Gasteiger partial charge in [0.05, 0.1) is 4.75 Å². The summed E-state index contributed by atoms with van der Waals surface area (Å²) in [6.45, 7) is 8.03. The van der Waals surface area contributed by atoms with Crippen molar-refractivity contribution < 1.29 is 8.42 Å². The molecule has 2 nitrogen and oxygen atoms in total. The van der Waals surface area contributed by atoms with E-state index in [9.17, 15) is 8.42 Å². The zero-order chi connectivity index (χ0) is 11.0. The predicted octanol–water partition coefficient (Wildman–Crippen LogP) is 2.78. The summed E-state index contributed by atoms with van der Waals surface area (Å²) in [6, 6.07) is 0. The van der Waals surface area contributed by atoms with E-state index in [0.717, 1.165) is 25.7 Å². The minimum absolute atomic E-state index is 0.190. The van der Waals surface area contributed by atoms with Gasteiger partial charge < -0.3 is 0 Å². The van der Waals surface area contributed by atoms with Crippen LogP contribution < -0.4 is 0 Å². The van der Waals surface area contributed by atoms with E-state index in [-0.39, 0.29) is 11.2 Å². The minimum atomic E-state index is -2.89. The summed E-state index contributed by atoms with van der Waals surface area (Å²) in [7, 11) is -2.89. The lowest BCUT2D eigenvalue weighted by molar-refractivity contribution is 0.204. The van der Waals surface area contributed by atoms with Crippen molar-refractivity contribution in [3.63, 3.8) is 0 Å². The lowest BCUT2D eigenvalue weighted by Crippen LogP contribution is -2.43. The fourth-order valence-corrected chi connectivity index (χ4v) is 4.51. The van der Waals surface area contributed by atoms with Crippen LogP contribution in [0.1, 0.15) is 53.4 Å². The third kappa shape index (κ3) is 2.13. The monoisotopic (exact) mass is 218 g/mol. The number of hydrogen-bond donors (Lipinski definition) is 0. The van der Waals surface area contributed by atoms with E-state index in [1.807, 2.05) is 6.92 Å². The van der Waals surface area contributed by atoms with Crippen LogP contribution in [0.25, 0.3) is 0 Å². The van der Waals surface area contributed by atoms with Crippen LogP contribution in [0.3, 0.4) is 0 Å². The standard InChI is InChI=1S/C11H22O2S/c1-5-14(12,13)11(4)8-6-7-10(2,3)9-11/h5-9H2,1-4H3. The smallest absolute Gasteiger partial charge is 0.155 e. The van der Waals surface area contributed by atoms with E-state index >= 15 is 0 Å². The maximum Gasteiger partial charge on any atom is 0.155 e. The second-order valence-corrected chi connectivity index (χ2v) is 8.34. The van der Waals surface area contributed by atoms with Crippen molar-refractivity contribution in [2.24, 2.45) is 5.41 Å². The first-order chi connectivity index (χ1) is 6.22. The molecule has 0 aromatic carbocycles. The molecule has 1 unspecified atom stereocenters. The normalized spacial score (nSPS) is 32.9. The third-order valence-electron chi connectivity index (χ3n) is 3.54. The summed E-state index contributed by atoms with van der Waals surface area (Å²) < 4.78 is 23.5. The van der Waals surface area contributed by atoms with Gasteiger partial charge >= 0.3 is 0 Å². The van der Waals surface area contributed by atoms with Crippen LogP contribution in [0, 0.1) is 5.41 Å². The van der Waals surface area contributed by atoms with Crippen LogP contribution in [0.4, 0.5) is 0 Å². The van der Waals surface area contributed by atoms with Gasteiger partial charge in [0.25, 0.3) is 0 Å². The molecule has 0 saturated heterocycles. The zero-order valence-electron chi connectivity index (χ0n) is 9.76. The Balaban J connectivity index is 2.96. The van der Waals surface area contributed by atoms with Gasteiger partial charge in [-0.2, -0.15) is 0 Å². The molecule has 0 spiro atoms. The highest BCUT2D eigenvalue weighted by atomic mass is 32.2. The van der Waals surface area contributed by atoms with Crippen molar-refractivity contribution in [3.8, 4) is 0 Å². The first-order valence-corrected chi connectivity index (χ1v) is 7.10. The van der Waals surface area contributed by atoms with Crippen LogP contribution in [-0.4, -0.2) is 18.9 Å². The Bertz CT molecular complexity index is 303. The molecule has 0 aromatic rings. The molecule has 0 bridgehead atoms. The van der Waals surface area contributed by atoms with E-state index in [0.29, 0.717) is 0 Å². The maximum absolute atomic E-state index is 12.0. The van der Waals surface area contributed by atoms with Gasteiger partial charge in [-0.1, -0.05) is 27.2 Å². The van der Waals surface area contributed by atoms with Crippen molar-refractivity contribution in [3.05, 3.63) is 0 Å². The molecule has 0 aromatic heterocycles. The van der Waals surface area contributed by atoms with Crippen molar-refractivity contribution in [1.82, 2.24) is 0 Å². The fourth-order valence-electron chi connectivity index (χ4n) is 2.74. The summed E-state index contributed by atoms with van der Waals surface area (Å²) >= 11 is 0. The average molecular weight is 218 g/mol. The second-order valence-electron chi connectivity index (χ2n) is 5.55. The Morgan fingerprint density at radius 3 is 2.14 bits per heavy atom. The summed E-state index contributed by atoms with van der Waals surface area (Å²) in [4.78, 5) is 0. The van der Waals surface area contributed by atoms with Gasteiger partial charge in [-0.15, -0.1) is 0 Å². The first-order valence-electron chi connectivity index (χ1n) is 5.45. The van der Waals surface area contributed by atoms with Crippen LogP contribution in [0.15, 0.2) is 0 Å². The second kappa shape index (κ2) is 3.51. The molecule has 1 atom stereocenters. The van der Waals surface area contributed by atoms with Crippen LogP contribution in [-0.2, 0) is 9.84 Å². The van der Waals surface area contributed by atoms with Crippen molar-refractivity contribution in [2.45, 2.75) is 58.1 Å². The highest BCUT2D eigenvalue weighted by Crippen LogP contribution is 2.44. The quantitative estimate of drug-likeness (QED) is 0.714. The molecule has 3 heteroatoms. The van der Waals surface area contributed by atoms with Crippen molar-refractivity contribution >= 4 is 9.84 Å². The number of sulfone groups is 1. The molecule has 0 radical (unpaired) electrons. The van der Waals surface area contributed by atoms with Gasteiger partial charge in [0, 0.05) is 5.75 Å². The van der Waals surface area contributed by atoms with Gasteiger partial charge in [-0.05, 0) is 31.6 Å². The molecule has 0 heterocycles. The molecule has 1 aliphatic carbocycles.